The van der Waals surface area contributed by atoms with Crippen molar-refractivity contribution in [3.8, 4) is 22.7 Å². The van der Waals surface area contributed by atoms with Crippen LogP contribution in [0.5, 0.6) is 0 Å². The number of aryl methyl sites for hydroxylation is 1. The van der Waals surface area contributed by atoms with Gasteiger partial charge in [-0.25, -0.2) is 4.98 Å². The van der Waals surface area contributed by atoms with Crippen molar-refractivity contribution in [2.75, 3.05) is 5.32 Å². The average Bonchev–Trinajstić information content (AvgIpc) is 3.44. The Hall–Kier alpha value is -3.54. The first kappa shape index (κ1) is 20.4. The number of fused-ring (bicyclic) bond motifs is 1. The van der Waals surface area contributed by atoms with Gasteiger partial charge in [0.15, 0.2) is 5.76 Å². The van der Waals surface area contributed by atoms with E-state index in [0.29, 0.717) is 27.1 Å². The lowest BCUT2D eigenvalue weighted by molar-refractivity contribution is 0.0997. The van der Waals surface area contributed by atoms with E-state index in [9.17, 15) is 4.79 Å². The summed E-state index contributed by atoms with van der Waals surface area (Å²) in [7, 11) is 0. The predicted octanol–water partition coefficient (Wildman–Crippen LogP) is 7.36. The summed E-state index contributed by atoms with van der Waals surface area (Å²) in [6.07, 6.45) is 0. The summed E-state index contributed by atoms with van der Waals surface area (Å²) < 4.78 is 5.76. The Morgan fingerprint density at radius 1 is 1.00 bits per heavy atom. The van der Waals surface area contributed by atoms with Gasteiger partial charge in [-0.1, -0.05) is 53.5 Å². The van der Waals surface area contributed by atoms with Gasteiger partial charge in [-0.05, 0) is 55.0 Å². The number of aromatic amines is 1. The molecule has 0 spiro atoms. The topological polar surface area (TPSA) is 70.9 Å². The van der Waals surface area contributed by atoms with Crippen LogP contribution in [0.1, 0.15) is 16.1 Å². The molecule has 0 radical (unpaired) electrons. The molecule has 0 aliphatic heterocycles. The molecule has 32 heavy (non-hydrogen) atoms. The Bertz CT molecular complexity index is 1440. The van der Waals surface area contributed by atoms with Gasteiger partial charge in [-0.2, -0.15) is 0 Å². The Balaban J connectivity index is 1.42. The average molecular weight is 462 g/mol. The second kappa shape index (κ2) is 8.19. The Morgan fingerprint density at radius 3 is 2.69 bits per heavy atom. The van der Waals surface area contributed by atoms with Crippen LogP contribution in [0.15, 0.2) is 77.2 Å². The molecule has 0 fully saturated rings. The first-order valence-corrected chi connectivity index (χ1v) is 10.7. The summed E-state index contributed by atoms with van der Waals surface area (Å²) >= 11 is 12.4. The molecule has 5 aromatic rings. The van der Waals surface area contributed by atoms with Crippen LogP contribution in [0.4, 0.5) is 5.69 Å². The van der Waals surface area contributed by atoms with Crippen LogP contribution < -0.4 is 5.32 Å². The maximum atomic E-state index is 12.9. The molecule has 2 heterocycles. The molecule has 0 aliphatic carbocycles. The number of hydrogen-bond donors (Lipinski definition) is 2. The van der Waals surface area contributed by atoms with Gasteiger partial charge in [0.1, 0.15) is 11.6 Å². The van der Waals surface area contributed by atoms with E-state index in [1.165, 1.54) is 0 Å². The fraction of sp³-hybridized carbons (Fsp3) is 0.0400. The van der Waals surface area contributed by atoms with E-state index in [-0.39, 0.29) is 11.7 Å². The molecule has 3 aromatic carbocycles. The van der Waals surface area contributed by atoms with Gasteiger partial charge in [0.05, 0.1) is 21.1 Å². The molecule has 158 valence electrons. The Morgan fingerprint density at radius 2 is 1.84 bits per heavy atom. The lowest BCUT2D eigenvalue weighted by Gasteiger charge is -2.09. The van der Waals surface area contributed by atoms with E-state index in [0.717, 1.165) is 28.0 Å². The van der Waals surface area contributed by atoms with Crippen molar-refractivity contribution in [3.63, 3.8) is 0 Å². The number of anilines is 1. The number of aromatic nitrogens is 2. The summed E-state index contributed by atoms with van der Waals surface area (Å²) in [6.45, 7) is 1.93. The lowest BCUT2D eigenvalue weighted by atomic mass is 10.1. The second-order valence-corrected chi connectivity index (χ2v) is 8.14. The summed E-state index contributed by atoms with van der Waals surface area (Å²) in [5, 5.41) is 3.73. The highest BCUT2D eigenvalue weighted by Crippen LogP contribution is 2.34. The summed E-state index contributed by atoms with van der Waals surface area (Å²) in [5.41, 5.74) is 4.93. The van der Waals surface area contributed by atoms with Crippen molar-refractivity contribution in [1.29, 1.82) is 0 Å². The molecule has 1 amide bonds. The maximum absolute atomic E-state index is 12.9. The van der Waals surface area contributed by atoms with Crippen molar-refractivity contribution in [2.24, 2.45) is 0 Å². The van der Waals surface area contributed by atoms with Crippen LogP contribution in [-0.2, 0) is 0 Å². The number of rotatable bonds is 4. The fourth-order valence-electron chi connectivity index (χ4n) is 3.48. The van der Waals surface area contributed by atoms with Crippen molar-refractivity contribution >= 4 is 45.8 Å². The van der Waals surface area contributed by atoms with E-state index in [4.69, 9.17) is 27.6 Å². The molecule has 0 atom stereocenters. The van der Waals surface area contributed by atoms with E-state index < -0.39 is 0 Å². The fourth-order valence-corrected chi connectivity index (χ4v) is 3.87. The minimum absolute atomic E-state index is 0.171. The van der Waals surface area contributed by atoms with Crippen molar-refractivity contribution < 1.29 is 9.21 Å². The highest BCUT2D eigenvalue weighted by Gasteiger charge is 2.16. The van der Waals surface area contributed by atoms with E-state index >= 15 is 0 Å². The second-order valence-electron chi connectivity index (χ2n) is 7.35. The number of nitrogens with one attached hydrogen (secondary N) is 2. The van der Waals surface area contributed by atoms with Crippen molar-refractivity contribution in [1.82, 2.24) is 9.97 Å². The van der Waals surface area contributed by atoms with Crippen LogP contribution >= 0.6 is 23.2 Å². The SMILES string of the molecule is Cc1ccc(-c2nc3ccccc3[nH]2)cc1NC(=O)c1ccc(-c2cccc(Cl)c2Cl)o1. The predicted molar refractivity (Wildman–Crippen MR) is 128 cm³/mol. The van der Waals surface area contributed by atoms with Crippen molar-refractivity contribution in [2.45, 2.75) is 6.92 Å². The minimum Gasteiger partial charge on any atom is -0.451 e. The van der Waals surface area contributed by atoms with Gasteiger partial charge in [0, 0.05) is 16.8 Å². The van der Waals surface area contributed by atoms with Crippen LogP contribution in [-0.4, -0.2) is 15.9 Å². The first-order valence-electron chi connectivity index (χ1n) is 9.91. The van der Waals surface area contributed by atoms with Gasteiger partial charge in [0.25, 0.3) is 5.91 Å². The molecule has 5 rings (SSSR count). The molecule has 0 aliphatic rings. The number of nitrogens with zero attached hydrogens (tertiary/aromatic N) is 1. The molecule has 5 nitrogen and oxygen atoms in total. The first-order chi connectivity index (χ1) is 15.5. The lowest BCUT2D eigenvalue weighted by Crippen LogP contribution is -2.12. The molecule has 0 saturated heterocycles. The number of carbonyl (C=O) groups excluding carboxylic acids is 1. The number of H-pyrrole nitrogens is 1. The minimum atomic E-state index is -0.362. The number of imidazole rings is 1. The zero-order chi connectivity index (χ0) is 22.2. The number of benzene rings is 3. The van der Waals surface area contributed by atoms with E-state index in [2.05, 4.69) is 15.3 Å². The third-order valence-corrected chi connectivity index (χ3v) is 6.01. The van der Waals surface area contributed by atoms with Gasteiger partial charge >= 0.3 is 0 Å². The summed E-state index contributed by atoms with van der Waals surface area (Å²) in [5.74, 6) is 1.01. The normalized spacial score (nSPS) is 11.1. The van der Waals surface area contributed by atoms with Crippen LogP contribution in [0, 0.1) is 6.92 Å². The van der Waals surface area contributed by atoms with Gasteiger partial charge in [-0.3, -0.25) is 4.79 Å². The molecule has 0 saturated carbocycles. The van der Waals surface area contributed by atoms with Crippen LogP contribution in [0.3, 0.4) is 0 Å². The molecule has 0 unspecified atom stereocenters. The maximum Gasteiger partial charge on any atom is 0.291 e. The number of para-hydroxylation sites is 2. The molecule has 2 N–H and O–H groups in total. The highest BCUT2D eigenvalue weighted by atomic mass is 35.5. The molecule has 2 aromatic heterocycles. The van der Waals surface area contributed by atoms with Crippen LogP contribution in [0.2, 0.25) is 10.0 Å². The largest absolute Gasteiger partial charge is 0.451 e. The number of furan rings is 1. The monoisotopic (exact) mass is 461 g/mol. The third kappa shape index (κ3) is 3.77. The highest BCUT2D eigenvalue weighted by molar-refractivity contribution is 6.43. The smallest absolute Gasteiger partial charge is 0.291 e. The number of amides is 1. The third-order valence-electron chi connectivity index (χ3n) is 5.20. The number of carbonyl (C=O) groups is 1. The quantitative estimate of drug-likeness (QED) is 0.293. The van der Waals surface area contributed by atoms with Gasteiger partial charge < -0.3 is 14.7 Å². The zero-order valence-corrected chi connectivity index (χ0v) is 18.5. The zero-order valence-electron chi connectivity index (χ0n) is 16.9. The summed E-state index contributed by atoms with van der Waals surface area (Å²) in [4.78, 5) is 20.8. The van der Waals surface area contributed by atoms with E-state index in [1.807, 2.05) is 49.4 Å². The number of hydrogen-bond acceptors (Lipinski definition) is 3. The molecular formula is C25H17Cl2N3O2. The number of halogens is 2. The Kier molecular flexibility index (Phi) is 5.21. The molecular weight excluding hydrogens is 445 g/mol. The van der Waals surface area contributed by atoms with Crippen LogP contribution in [0.25, 0.3) is 33.7 Å². The van der Waals surface area contributed by atoms with Gasteiger partial charge in [0.2, 0.25) is 0 Å². The standard InChI is InChI=1S/C25H17Cl2N3O2/c1-14-9-10-15(24-28-18-7-2-3-8-19(18)29-24)13-20(14)30-25(31)22-12-11-21(32-22)16-5-4-6-17(26)23(16)27/h2-13H,1H3,(H,28,29)(H,30,31). The van der Waals surface area contributed by atoms with Crippen molar-refractivity contribution in [3.05, 3.63) is 94.2 Å². The molecule has 0 bridgehead atoms. The van der Waals surface area contributed by atoms with Gasteiger partial charge in [-0.15, -0.1) is 0 Å². The Labute approximate surface area is 194 Å². The molecule has 7 heteroatoms. The van der Waals surface area contributed by atoms with E-state index in [1.54, 1.807) is 30.3 Å². The summed E-state index contributed by atoms with van der Waals surface area (Å²) in [6, 6.07) is 22.2.